The van der Waals surface area contributed by atoms with Crippen molar-refractivity contribution < 1.29 is 32.5 Å². The van der Waals surface area contributed by atoms with Crippen molar-refractivity contribution in [3.05, 3.63) is 52.4 Å². The number of aromatic nitrogens is 3. The van der Waals surface area contributed by atoms with Gasteiger partial charge in [-0.3, -0.25) is 9.48 Å². The molecule has 40 heavy (non-hydrogen) atoms. The van der Waals surface area contributed by atoms with E-state index in [9.17, 15) is 33.1 Å². The lowest BCUT2D eigenvalue weighted by molar-refractivity contribution is -0.258. The van der Waals surface area contributed by atoms with E-state index in [-0.39, 0.29) is 36.2 Å². The highest BCUT2D eigenvalue weighted by Crippen LogP contribution is 2.40. The fourth-order valence-corrected chi connectivity index (χ4v) is 4.60. The van der Waals surface area contributed by atoms with Gasteiger partial charge in [0.2, 0.25) is 0 Å². The molecule has 4 rings (SSSR count). The van der Waals surface area contributed by atoms with Gasteiger partial charge in [-0.2, -0.15) is 23.5 Å². The summed E-state index contributed by atoms with van der Waals surface area (Å²) in [6.07, 6.45) is -3.70. The van der Waals surface area contributed by atoms with Gasteiger partial charge < -0.3 is 24.9 Å². The maximum absolute atomic E-state index is 13.2. The van der Waals surface area contributed by atoms with Crippen LogP contribution in [0.4, 0.5) is 24.7 Å². The summed E-state index contributed by atoms with van der Waals surface area (Å²) < 4.78 is 52.5. The normalized spacial score (nSPS) is 21.4. The number of benzene rings is 1. The summed E-state index contributed by atoms with van der Waals surface area (Å²) in [4.78, 5) is 28.0. The fourth-order valence-electron chi connectivity index (χ4n) is 4.60. The number of halogens is 3. The Morgan fingerprint density at radius 1 is 1.27 bits per heavy atom. The largest absolute Gasteiger partial charge is 0.458 e. The number of nitriles is 1. The first-order chi connectivity index (χ1) is 18.6. The van der Waals surface area contributed by atoms with Gasteiger partial charge in [0.05, 0.1) is 30.2 Å². The number of carbonyl (C=O) groups is 1. The molecule has 0 amide bonds. The second kappa shape index (κ2) is 10.3. The van der Waals surface area contributed by atoms with Crippen LogP contribution in [-0.2, 0) is 25.4 Å². The third kappa shape index (κ3) is 5.55. The van der Waals surface area contributed by atoms with Gasteiger partial charge in [0.15, 0.2) is 17.5 Å². The van der Waals surface area contributed by atoms with Crippen molar-refractivity contribution in [1.29, 1.82) is 5.26 Å². The van der Waals surface area contributed by atoms with Gasteiger partial charge in [0, 0.05) is 11.9 Å². The topological polar surface area (TPSA) is 142 Å². The van der Waals surface area contributed by atoms with E-state index in [0.717, 1.165) is 12.1 Å². The number of carbonyl (C=O) groups excluding carboxylic acids is 1. The van der Waals surface area contributed by atoms with E-state index in [1.807, 2.05) is 0 Å². The number of anilines is 2. The first-order valence-electron chi connectivity index (χ1n) is 12.6. The lowest BCUT2D eigenvalue weighted by atomic mass is 9.87. The van der Waals surface area contributed by atoms with Crippen LogP contribution < -0.4 is 10.9 Å². The number of nitrogens with one attached hydrogen (secondary N) is 2. The number of H-pyrrole nitrogens is 1. The van der Waals surface area contributed by atoms with Crippen LogP contribution in [0.3, 0.4) is 0 Å². The van der Waals surface area contributed by atoms with E-state index in [0.29, 0.717) is 24.5 Å². The minimum absolute atomic E-state index is 0.0295. The molecule has 0 aliphatic carbocycles. The standard InChI is InChI=1S/C27H30F3N5O5/c1-24(2,3)40-23(37)19-9-11-26(12-13-31,15-39-19)35-18-10-14-32-22(36)20(18)21(34-35)33-17-7-5-16(6-8-17)25(4,38)27(28,29)30/h5-8,10,14,19,38H,9,11-12,15H2,1-4H3,(H,32,36)(H,33,34)/t19-,25-,26-/m0/s1. The van der Waals surface area contributed by atoms with Crippen LogP contribution in [-0.4, -0.2) is 50.3 Å². The Morgan fingerprint density at radius 3 is 2.50 bits per heavy atom. The highest BCUT2D eigenvalue weighted by molar-refractivity contribution is 5.91. The number of hydrogen-bond acceptors (Lipinski definition) is 8. The van der Waals surface area contributed by atoms with Crippen LogP contribution in [0.15, 0.2) is 41.3 Å². The van der Waals surface area contributed by atoms with Crippen molar-refractivity contribution >= 4 is 28.4 Å². The summed E-state index contributed by atoms with van der Waals surface area (Å²) in [5, 5.41) is 27.3. The van der Waals surface area contributed by atoms with Gasteiger partial charge in [-0.1, -0.05) is 12.1 Å². The van der Waals surface area contributed by atoms with Crippen LogP contribution in [0, 0.1) is 11.3 Å². The highest BCUT2D eigenvalue weighted by atomic mass is 19.4. The molecule has 10 nitrogen and oxygen atoms in total. The van der Waals surface area contributed by atoms with Crippen LogP contribution in [0.1, 0.15) is 52.5 Å². The summed E-state index contributed by atoms with van der Waals surface area (Å²) in [7, 11) is 0. The summed E-state index contributed by atoms with van der Waals surface area (Å²) in [5.74, 6) is -0.395. The summed E-state index contributed by atoms with van der Waals surface area (Å²) in [6, 6.07) is 8.69. The Bertz CT molecular complexity index is 1490. The van der Waals surface area contributed by atoms with E-state index in [1.54, 1.807) is 26.8 Å². The van der Waals surface area contributed by atoms with Crippen molar-refractivity contribution in [2.24, 2.45) is 0 Å². The van der Waals surface area contributed by atoms with Gasteiger partial charge in [0.1, 0.15) is 11.0 Å². The molecule has 3 N–H and O–H groups in total. The Morgan fingerprint density at radius 2 is 1.95 bits per heavy atom. The quantitative estimate of drug-likeness (QED) is 0.377. The monoisotopic (exact) mass is 561 g/mol. The van der Waals surface area contributed by atoms with Crippen LogP contribution >= 0.6 is 0 Å². The third-order valence-electron chi connectivity index (χ3n) is 6.82. The van der Waals surface area contributed by atoms with Gasteiger partial charge in [-0.25, -0.2) is 4.79 Å². The Hall–Kier alpha value is -3.89. The number of fused-ring (bicyclic) bond motifs is 1. The molecule has 1 aliphatic heterocycles. The SMILES string of the molecule is CC(C)(C)OC(=O)[C@@H]1CC[C@@](CC#N)(n2nc(Nc3ccc([C@](C)(O)C(F)(F)F)cc3)c3c(=O)[nH]ccc32)CO1. The van der Waals surface area contributed by atoms with Crippen LogP contribution in [0.5, 0.6) is 0 Å². The number of ether oxygens (including phenoxy) is 2. The van der Waals surface area contributed by atoms with Crippen LogP contribution in [0.2, 0.25) is 0 Å². The second-order valence-electron chi connectivity index (χ2n) is 11.0. The number of aromatic amines is 1. The maximum atomic E-state index is 13.2. The predicted octanol–water partition coefficient (Wildman–Crippen LogP) is 4.37. The van der Waals surface area contributed by atoms with Gasteiger partial charge in [-0.15, -0.1) is 0 Å². The zero-order valence-corrected chi connectivity index (χ0v) is 22.4. The number of pyridine rings is 1. The lowest BCUT2D eigenvalue weighted by Gasteiger charge is -2.39. The molecule has 3 heterocycles. The molecular weight excluding hydrogens is 531 g/mol. The molecule has 0 unspecified atom stereocenters. The molecule has 13 heteroatoms. The number of nitrogens with zero attached hydrogens (tertiary/aromatic N) is 3. The molecule has 1 fully saturated rings. The zero-order valence-electron chi connectivity index (χ0n) is 22.4. The van der Waals surface area contributed by atoms with Gasteiger partial charge >= 0.3 is 12.1 Å². The molecule has 0 spiro atoms. The predicted molar refractivity (Wildman–Crippen MR) is 139 cm³/mol. The van der Waals surface area contributed by atoms with E-state index < -0.39 is 40.5 Å². The van der Waals surface area contributed by atoms with Gasteiger partial charge in [0.25, 0.3) is 5.56 Å². The van der Waals surface area contributed by atoms with Gasteiger partial charge in [-0.05, 0) is 64.3 Å². The molecule has 3 aromatic rings. The minimum Gasteiger partial charge on any atom is -0.458 e. The molecule has 0 saturated carbocycles. The van der Waals surface area contributed by atoms with E-state index in [1.165, 1.54) is 23.0 Å². The van der Waals surface area contributed by atoms with E-state index in [2.05, 4.69) is 21.5 Å². The number of aliphatic hydroxyl groups is 1. The van der Waals surface area contributed by atoms with Crippen molar-refractivity contribution in [1.82, 2.24) is 14.8 Å². The average Bonchev–Trinajstić information content (AvgIpc) is 3.23. The van der Waals surface area contributed by atoms with Crippen LogP contribution in [0.25, 0.3) is 10.9 Å². The first kappa shape index (κ1) is 29.1. The average molecular weight is 562 g/mol. The van der Waals surface area contributed by atoms with Crippen molar-refractivity contribution in [3.63, 3.8) is 0 Å². The number of rotatable bonds is 6. The van der Waals surface area contributed by atoms with Crippen molar-refractivity contribution in [3.8, 4) is 6.07 Å². The molecule has 214 valence electrons. The molecule has 1 aliphatic rings. The number of alkyl halides is 3. The Labute approximate surface area is 227 Å². The van der Waals surface area contributed by atoms with Crippen molar-refractivity contribution in [2.75, 3.05) is 11.9 Å². The summed E-state index contributed by atoms with van der Waals surface area (Å²) in [6.45, 7) is 5.87. The summed E-state index contributed by atoms with van der Waals surface area (Å²) >= 11 is 0. The Balaban J connectivity index is 1.68. The fraction of sp³-hybridized carbons (Fsp3) is 0.481. The maximum Gasteiger partial charge on any atom is 0.421 e. The van der Waals surface area contributed by atoms with Crippen molar-refractivity contribution in [2.45, 2.75) is 76.0 Å². The molecule has 0 radical (unpaired) electrons. The first-order valence-corrected chi connectivity index (χ1v) is 12.6. The molecule has 0 bridgehead atoms. The molecule has 1 saturated heterocycles. The highest BCUT2D eigenvalue weighted by Gasteiger charge is 2.51. The molecule has 3 atom stereocenters. The molecule has 1 aromatic carbocycles. The summed E-state index contributed by atoms with van der Waals surface area (Å²) in [5.41, 5.74) is -4.85. The smallest absolute Gasteiger partial charge is 0.421 e. The minimum atomic E-state index is -4.87. The molecule has 2 aromatic heterocycles. The van der Waals surface area contributed by atoms with E-state index in [4.69, 9.17) is 9.47 Å². The zero-order chi connectivity index (χ0) is 29.5. The van der Waals surface area contributed by atoms with E-state index >= 15 is 0 Å². The number of hydrogen-bond donors (Lipinski definition) is 3. The third-order valence-corrected chi connectivity index (χ3v) is 6.82. The number of esters is 1. The molecular formula is C27H30F3N5O5. The second-order valence-corrected chi connectivity index (χ2v) is 11.0. The Kier molecular flexibility index (Phi) is 7.46. The lowest BCUT2D eigenvalue weighted by Crippen LogP contribution is -2.47.